The Bertz CT molecular complexity index is 892. The van der Waals surface area contributed by atoms with E-state index in [4.69, 9.17) is 21.1 Å². The van der Waals surface area contributed by atoms with Crippen LogP contribution in [0.15, 0.2) is 46.9 Å². The van der Waals surface area contributed by atoms with Gasteiger partial charge < -0.3 is 19.7 Å². The summed E-state index contributed by atoms with van der Waals surface area (Å²) < 4.78 is 11.5. The van der Waals surface area contributed by atoms with Gasteiger partial charge in [0.15, 0.2) is 6.61 Å². The van der Waals surface area contributed by atoms with Crippen molar-refractivity contribution in [2.75, 3.05) is 13.7 Å². The molecule has 0 bridgehead atoms. The van der Waals surface area contributed by atoms with E-state index in [1.807, 2.05) is 38.1 Å². The molecule has 0 fully saturated rings. The van der Waals surface area contributed by atoms with Crippen LogP contribution in [-0.2, 0) is 16.1 Å². The lowest BCUT2D eigenvalue weighted by atomic mass is 10.1. The molecule has 0 heterocycles. The van der Waals surface area contributed by atoms with Gasteiger partial charge in [-0.3, -0.25) is 9.59 Å². The summed E-state index contributed by atoms with van der Waals surface area (Å²) >= 11 is 9.34. The van der Waals surface area contributed by atoms with Crippen LogP contribution in [0, 0.1) is 0 Å². The third-order valence-corrected chi connectivity index (χ3v) is 5.78. The number of halogens is 2. The highest BCUT2D eigenvalue weighted by molar-refractivity contribution is 9.10. The fourth-order valence-electron chi connectivity index (χ4n) is 2.79. The Morgan fingerprint density at radius 2 is 1.84 bits per heavy atom. The lowest BCUT2D eigenvalue weighted by Crippen LogP contribution is -2.50. The molecule has 168 valence electrons. The normalized spacial score (nSPS) is 12.6. The summed E-state index contributed by atoms with van der Waals surface area (Å²) in [6.45, 7) is 5.70. The standard InChI is InChI=1S/C23H28BrClN2O4/c1-5-15(2)26-23(29)16(3)27(13-17-6-9-19(30-4)10-7-17)22(28)14-31-21-11-8-18(25)12-20(21)24/h6-12,15-16H,5,13-14H2,1-4H3,(H,26,29)/t15-,16-/m0/s1. The highest BCUT2D eigenvalue weighted by atomic mass is 79.9. The van der Waals surface area contributed by atoms with Gasteiger partial charge in [-0.25, -0.2) is 0 Å². The summed E-state index contributed by atoms with van der Waals surface area (Å²) in [5.74, 6) is 0.715. The molecule has 8 heteroatoms. The second-order valence-electron chi connectivity index (χ2n) is 7.23. The van der Waals surface area contributed by atoms with Crippen molar-refractivity contribution in [1.29, 1.82) is 0 Å². The first kappa shape index (κ1) is 25.0. The SMILES string of the molecule is CC[C@H](C)NC(=O)[C@H](C)N(Cc1ccc(OC)cc1)C(=O)COc1ccc(Cl)cc1Br. The van der Waals surface area contributed by atoms with Crippen LogP contribution in [0.1, 0.15) is 32.8 Å². The van der Waals surface area contributed by atoms with Crippen LogP contribution in [0.25, 0.3) is 0 Å². The van der Waals surface area contributed by atoms with E-state index in [9.17, 15) is 9.59 Å². The number of nitrogens with one attached hydrogen (secondary N) is 1. The van der Waals surface area contributed by atoms with E-state index in [-0.39, 0.29) is 31.0 Å². The molecular formula is C23H28BrClN2O4. The van der Waals surface area contributed by atoms with Crippen molar-refractivity contribution in [3.05, 3.63) is 57.5 Å². The van der Waals surface area contributed by atoms with Gasteiger partial charge in [-0.2, -0.15) is 0 Å². The molecule has 0 aliphatic carbocycles. The Kier molecular flexibility index (Phi) is 9.65. The number of carbonyl (C=O) groups excluding carboxylic acids is 2. The molecule has 2 aromatic rings. The fraction of sp³-hybridized carbons (Fsp3) is 0.391. The zero-order valence-corrected chi connectivity index (χ0v) is 20.5. The van der Waals surface area contributed by atoms with E-state index in [1.165, 1.54) is 4.90 Å². The Hall–Kier alpha value is -2.25. The van der Waals surface area contributed by atoms with Crippen LogP contribution in [0.2, 0.25) is 5.02 Å². The van der Waals surface area contributed by atoms with E-state index in [0.717, 1.165) is 17.7 Å². The van der Waals surface area contributed by atoms with Gasteiger partial charge in [0.05, 0.1) is 11.6 Å². The molecule has 31 heavy (non-hydrogen) atoms. The molecule has 2 aromatic carbocycles. The van der Waals surface area contributed by atoms with Crippen molar-refractivity contribution in [1.82, 2.24) is 10.2 Å². The quantitative estimate of drug-likeness (QED) is 0.496. The summed E-state index contributed by atoms with van der Waals surface area (Å²) in [7, 11) is 1.60. The highest BCUT2D eigenvalue weighted by Gasteiger charge is 2.27. The average molecular weight is 512 g/mol. The predicted molar refractivity (Wildman–Crippen MR) is 126 cm³/mol. The number of methoxy groups -OCH3 is 1. The van der Waals surface area contributed by atoms with Gasteiger partial charge in [-0.15, -0.1) is 0 Å². The van der Waals surface area contributed by atoms with Crippen molar-refractivity contribution in [2.45, 2.75) is 45.8 Å². The van der Waals surface area contributed by atoms with Crippen molar-refractivity contribution in [2.24, 2.45) is 0 Å². The molecule has 0 saturated heterocycles. The number of carbonyl (C=O) groups is 2. The van der Waals surface area contributed by atoms with Crippen LogP contribution in [-0.4, -0.2) is 42.5 Å². The lowest BCUT2D eigenvalue weighted by molar-refractivity contribution is -0.142. The molecule has 2 amide bonds. The van der Waals surface area contributed by atoms with Crippen molar-refractivity contribution in [3.63, 3.8) is 0 Å². The first-order chi connectivity index (χ1) is 14.7. The molecule has 0 aromatic heterocycles. The van der Waals surface area contributed by atoms with E-state index in [2.05, 4.69) is 21.2 Å². The van der Waals surface area contributed by atoms with Gasteiger partial charge in [0.1, 0.15) is 17.5 Å². The molecule has 0 radical (unpaired) electrons. The molecule has 6 nitrogen and oxygen atoms in total. The molecule has 0 unspecified atom stereocenters. The Labute approximate surface area is 197 Å². The van der Waals surface area contributed by atoms with Gasteiger partial charge >= 0.3 is 0 Å². The minimum atomic E-state index is -0.666. The first-order valence-electron chi connectivity index (χ1n) is 10.1. The second-order valence-corrected chi connectivity index (χ2v) is 8.52. The van der Waals surface area contributed by atoms with Crippen LogP contribution >= 0.6 is 27.5 Å². The smallest absolute Gasteiger partial charge is 0.261 e. The minimum absolute atomic E-state index is 0.0224. The maximum absolute atomic E-state index is 13.1. The van der Waals surface area contributed by atoms with Gasteiger partial charge in [0.25, 0.3) is 5.91 Å². The minimum Gasteiger partial charge on any atom is -0.497 e. The molecule has 2 rings (SSSR count). The molecule has 0 spiro atoms. The van der Waals surface area contributed by atoms with Gasteiger partial charge in [-0.1, -0.05) is 30.7 Å². The monoisotopic (exact) mass is 510 g/mol. The largest absolute Gasteiger partial charge is 0.497 e. The fourth-order valence-corrected chi connectivity index (χ4v) is 3.59. The number of nitrogens with zero attached hydrogens (tertiary/aromatic N) is 1. The van der Waals surface area contributed by atoms with Crippen molar-refractivity contribution >= 4 is 39.3 Å². The number of benzene rings is 2. The topological polar surface area (TPSA) is 67.9 Å². The molecule has 1 N–H and O–H groups in total. The number of ether oxygens (including phenoxy) is 2. The molecule has 0 aliphatic heterocycles. The zero-order chi connectivity index (χ0) is 23.0. The van der Waals surface area contributed by atoms with Crippen LogP contribution < -0.4 is 14.8 Å². The van der Waals surface area contributed by atoms with E-state index < -0.39 is 6.04 Å². The lowest BCUT2D eigenvalue weighted by Gasteiger charge is -2.29. The number of rotatable bonds is 10. The highest BCUT2D eigenvalue weighted by Crippen LogP contribution is 2.28. The first-order valence-corrected chi connectivity index (χ1v) is 11.2. The maximum Gasteiger partial charge on any atom is 0.261 e. The third-order valence-electron chi connectivity index (χ3n) is 4.93. The van der Waals surface area contributed by atoms with E-state index in [0.29, 0.717) is 15.2 Å². The van der Waals surface area contributed by atoms with Crippen molar-refractivity contribution < 1.29 is 19.1 Å². The van der Waals surface area contributed by atoms with Crippen LogP contribution in [0.3, 0.4) is 0 Å². The molecule has 0 saturated carbocycles. The van der Waals surface area contributed by atoms with E-state index >= 15 is 0 Å². The van der Waals surface area contributed by atoms with Gasteiger partial charge in [-0.05, 0) is 72.1 Å². The number of hydrogen-bond donors (Lipinski definition) is 1. The number of amides is 2. The molecular weight excluding hydrogens is 484 g/mol. The Morgan fingerprint density at radius 1 is 1.16 bits per heavy atom. The third kappa shape index (κ3) is 7.43. The summed E-state index contributed by atoms with van der Waals surface area (Å²) in [6.07, 6.45) is 0.804. The summed E-state index contributed by atoms with van der Waals surface area (Å²) in [4.78, 5) is 27.3. The zero-order valence-electron chi connectivity index (χ0n) is 18.2. The van der Waals surface area contributed by atoms with Crippen molar-refractivity contribution in [3.8, 4) is 11.5 Å². The summed E-state index contributed by atoms with van der Waals surface area (Å²) in [5.41, 5.74) is 0.880. The molecule has 0 aliphatic rings. The van der Waals surface area contributed by atoms with Gasteiger partial charge in [0.2, 0.25) is 5.91 Å². The van der Waals surface area contributed by atoms with Crippen LogP contribution in [0.5, 0.6) is 11.5 Å². The van der Waals surface area contributed by atoms with Crippen LogP contribution in [0.4, 0.5) is 0 Å². The Balaban J connectivity index is 2.17. The summed E-state index contributed by atoms with van der Waals surface area (Å²) in [5, 5.41) is 3.50. The maximum atomic E-state index is 13.1. The predicted octanol–water partition coefficient (Wildman–Crippen LogP) is 4.82. The number of hydrogen-bond acceptors (Lipinski definition) is 4. The summed E-state index contributed by atoms with van der Waals surface area (Å²) in [6, 6.07) is 11.8. The van der Waals surface area contributed by atoms with Gasteiger partial charge in [0, 0.05) is 17.6 Å². The van der Waals surface area contributed by atoms with E-state index in [1.54, 1.807) is 32.2 Å². The molecule has 2 atom stereocenters. The Morgan fingerprint density at radius 3 is 2.42 bits per heavy atom. The average Bonchev–Trinajstić information content (AvgIpc) is 2.76. The second kappa shape index (κ2) is 12.0.